The number of quaternary nitrogens is 1. The molecule has 12 heavy (non-hydrogen) atoms. The fourth-order valence-corrected chi connectivity index (χ4v) is 1.81. The number of hydrogen-bond acceptors (Lipinski definition) is 4. The number of carboxylic acid groups (broad SMARTS) is 1. The van der Waals surface area contributed by atoms with Crippen molar-refractivity contribution in [2.75, 3.05) is 26.5 Å². The number of carbonyl (C=O) groups is 1. The summed E-state index contributed by atoms with van der Waals surface area (Å²) in [5.74, 6) is -2.00. The Kier molecular flexibility index (Phi) is 3.19. The van der Waals surface area contributed by atoms with Crippen molar-refractivity contribution < 1.29 is 27.4 Å². The molecule has 0 spiro atoms. The standard InChI is InChI=1S/C5H11NO5S/c1-6(2,3-5(7)8)4-12(9,10)11/h3-4H2,1-2H3,(H-,7,8,9,10,11). The van der Waals surface area contributed by atoms with E-state index in [0.29, 0.717) is 0 Å². The average Bonchev–Trinajstić information content (AvgIpc) is 1.48. The normalized spacial score (nSPS) is 12.9. The summed E-state index contributed by atoms with van der Waals surface area (Å²) in [5.41, 5.74) is 0. The molecule has 0 aliphatic rings. The third-order valence-electron chi connectivity index (χ3n) is 1.07. The molecule has 6 nitrogen and oxygen atoms in total. The Morgan fingerprint density at radius 3 is 2.17 bits per heavy atom. The number of likely N-dealkylation sites (N-methyl/N-ethyl adjacent to an activating group) is 1. The lowest BCUT2D eigenvalue weighted by atomic mass is 10.5. The molecule has 7 heteroatoms. The van der Waals surface area contributed by atoms with Crippen molar-refractivity contribution in [2.24, 2.45) is 0 Å². The number of hydrogen-bond donors (Lipinski definition) is 1. The van der Waals surface area contributed by atoms with Gasteiger partial charge in [-0.15, -0.1) is 0 Å². The summed E-state index contributed by atoms with van der Waals surface area (Å²) in [5, 5.41) is 10.1. The SMILES string of the molecule is C[N+](C)(CC(=O)[O-])CS(=O)(=O)O. The number of carbonyl (C=O) groups excluding carboxylic acids is 1. The van der Waals surface area contributed by atoms with Crippen molar-refractivity contribution in [3.63, 3.8) is 0 Å². The Morgan fingerprint density at radius 2 is 1.92 bits per heavy atom. The molecule has 0 saturated carbocycles. The summed E-state index contributed by atoms with van der Waals surface area (Å²) >= 11 is 0. The first-order valence-corrected chi connectivity index (χ1v) is 4.70. The van der Waals surface area contributed by atoms with Crippen LogP contribution < -0.4 is 5.11 Å². The maximum Gasteiger partial charge on any atom is 0.316 e. The Bertz CT molecular complexity index is 268. The zero-order valence-electron chi connectivity index (χ0n) is 6.85. The summed E-state index contributed by atoms with van der Waals surface area (Å²) in [6.07, 6.45) is 0. The van der Waals surface area contributed by atoms with Crippen LogP contribution in [0, 0.1) is 0 Å². The van der Waals surface area contributed by atoms with E-state index >= 15 is 0 Å². The second-order valence-corrected chi connectivity index (χ2v) is 4.60. The third-order valence-corrected chi connectivity index (χ3v) is 2.10. The number of aliphatic carboxylic acids is 1. The molecule has 0 aliphatic heterocycles. The van der Waals surface area contributed by atoms with Crippen LogP contribution in [0.4, 0.5) is 0 Å². The molecule has 72 valence electrons. The van der Waals surface area contributed by atoms with E-state index in [2.05, 4.69) is 0 Å². The first kappa shape index (κ1) is 11.3. The monoisotopic (exact) mass is 197 g/mol. The van der Waals surface area contributed by atoms with Gasteiger partial charge in [0.2, 0.25) is 5.88 Å². The van der Waals surface area contributed by atoms with Gasteiger partial charge in [-0.3, -0.25) is 4.55 Å². The third kappa shape index (κ3) is 6.08. The van der Waals surface area contributed by atoms with Crippen LogP contribution in [0.25, 0.3) is 0 Å². The van der Waals surface area contributed by atoms with E-state index in [4.69, 9.17) is 4.55 Å². The molecule has 0 aromatic rings. The van der Waals surface area contributed by atoms with Crippen LogP contribution in [-0.2, 0) is 14.9 Å². The van der Waals surface area contributed by atoms with Gasteiger partial charge in [-0.05, 0) is 0 Å². The second-order valence-electron chi connectivity index (χ2n) is 3.18. The van der Waals surface area contributed by atoms with Gasteiger partial charge in [0.25, 0.3) is 0 Å². The molecule has 0 unspecified atom stereocenters. The van der Waals surface area contributed by atoms with E-state index < -0.39 is 28.5 Å². The van der Waals surface area contributed by atoms with Gasteiger partial charge in [0.1, 0.15) is 6.54 Å². The maximum atomic E-state index is 10.4. The Balaban J connectivity index is 4.33. The predicted octanol–water partition coefficient (Wildman–Crippen LogP) is -2.34. The zero-order valence-corrected chi connectivity index (χ0v) is 7.67. The predicted molar refractivity (Wildman–Crippen MR) is 38.4 cm³/mol. The van der Waals surface area contributed by atoms with Gasteiger partial charge in [0.15, 0.2) is 0 Å². The van der Waals surface area contributed by atoms with Gasteiger partial charge in [0, 0.05) is 0 Å². The second kappa shape index (κ2) is 3.38. The Hall–Kier alpha value is -0.660. The molecule has 0 saturated heterocycles. The summed E-state index contributed by atoms with van der Waals surface area (Å²) < 4.78 is 28.8. The zero-order chi connectivity index (χ0) is 9.99. The van der Waals surface area contributed by atoms with Crippen LogP contribution in [0.3, 0.4) is 0 Å². The van der Waals surface area contributed by atoms with E-state index in [-0.39, 0.29) is 4.48 Å². The molecule has 0 aromatic heterocycles. The van der Waals surface area contributed by atoms with E-state index in [1.807, 2.05) is 0 Å². The molecule has 0 fully saturated rings. The molecule has 0 aromatic carbocycles. The lowest BCUT2D eigenvalue weighted by molar-refractivity contribution is -0.873. The van der Waals surface area contributed by atoms with Crippen LogP contribution in [0.5, 0.6) is 0 Å². The van der Waals surface area contributed by atoms with Crippen molar-refractivity contribution in [2.45, 2.75) is 0 Å². The van der Waals surface area contributed by atoms with Gasteiger partial charge in [-0.1, -0.05) is 0 Å². The van der Waals surface area contributed by atoms with Crippen LogP contribution >= 0.6 is 0 Å². The summed E-state index contributed by atoms with van der Waals surface area (Å²) in [6.45, 7) is -0.459. The van der Waals surface area contributed by atoms with Crippen molar-refractivity contribution >= 4 is 16.1 Å². The first-order chi connectivity index (χ1) is 5.12. The lowest BCUT2D eigenvalue weighted by Gasteiger charge is -2.27. The van der Waals surface area contributed by atoms with Crippen LogP contribution in [0.1, 0.15) is 0 Å². The van der Waals surface area contributed by atoms with Crippen LogP contribution in [0.15, 0.2) is 0 Å². The highest BCUT2D eigenvalue weighted by molar-refractivity contribution is 7.85. The summed E-state index contributed by atoms with van der Waals surface area (Å²) in [6, 6.07) is 0. The molecule has 0 atom stereocenters. The Labute approximate surface area is 70.8 Å². The molecule has 0 rings (SSSR count). The fourth-order valence-electron chi connectivity index (χ4n) is 0.837. The van der Waals surface area contributed by atoms with Gasteiger partial charge < -0.3 is 14.4 Å². The summed E-state index contributed by atoms with van der Waals surface area (Å²) in [4.78, 5) is 10.1. The highest BCUT2D eigenvalue weighted by atomic mass is 32.2. The molecular formula is C5H11NO5S. The van der Waals surface area contributed by atoms with Gasteiger partial charge in [0.05, 0.1) is 20.1 Å². The number of nitrogens with zero attached hydrogens (tertiary/aromatic N) is 1. The molecule has 1 N–H and O–H groups in total. The fraction of sp³-hybridized carbons (Fsp3) is 0.800. The molecule has 0 amide bonds. The van der Waals surface area contributed by atoms with Crippen molar-refractivity contribution in [1.82, 2.24) is 0 Å². The highest BCUT2D eigenvalue weighted by Crippen LogP contribution is 1.99. The van der Waals surface area contributed by atoms with Crippen molar-refractivity contribution in [3.8, 4) is 0 Å². The minimum atomic E-state index is -4.15. The molecular weight excluding hydrogens is 186 g/mol. The minimum Gasteiger partial charge on any atom is -0.544 e. The average molecular weight is 197 g/mol. The van der Waals surface area contributed by atoms with Crippen molar-refractivity contribution in [1.29, 1.82) is 0 Å². The van der Waals surface area contributed by atoms with Crippen LogP contribution in [-0.4, -0.2) is 49.9 Å². The van der Waals surface area contributed by atoms with E-state index in [0.717, 1.165) is 0 Å². The maximum absolute atomic E-state index is 10.4. The van der Waals surface area contributed by atoms with Gasteiger partial charge >= 0.3 is 10.1 Å². The topological polar surface area (TPSA) is 94.5 Å². The largest absolute Gasteiger partial charge is 0.544 e. The first-order valence-electron chi connectivity index (χ1n) is 3.09. The Morgan fingerprint density at radius 1 is 1.50 bits per heavy atom. The van der Waals surface area contributed by atoms with E-state index in [9.17, 15) is 18.3 Å². The quantitative estimate of drug-likeness (QED) is 0.402. The molecule has 0 heterocycles. The van der Waals surface area contributed by atoms with Crippen molar-refractivity contribution in [3.05, 3.63) is 0 Å². The number of rotatable bonds is 4. The molecule has 0 bridgehead atoms. The molecule has 0 aliphatic carbocycles. The van der Waals surface area contributed by atoms with E-state index in [1.165, 1.54) is 14.1 Å². The lowest BCUT2D eigenvalue weighted by Crippen LogP contribution is -2.50. The smallest absolute Gasteiger partial charge is 0.316 e. The van der Waals surface area contributed by atoms with E-state index in [1.54, 1.807) is 0 Å². The minimum absolute atomic E-state index is 0.360. The van der Waals surface area contributed by atoms with Gasteiger partial charge in [-0.2, -0.15) is 8.42 Å². The highest BCUT2D eigenvalue weighted by Gasteiger charge is 2.22. The molecule has 0 radical (unpaired) electrons. The van der Waals surface area contributed by atoms with Crippen LogP contribution in [0.2, 0.25) is 0 Å². The summed E-state index contributed by atoms with van der Waals surface area (Å²) in [7, 11) is -1.42. The van der Waals surface area contributed by atoms with Gasteiger partial charge in [-0.25, -0.2) is 0 Å². The number of carboxylic acids is 1.